The van der Waals surface area contributed by atoms with Crippen molar-refractivity contribution >= 4 is 15.7 Å². The molecule has 0 spiro atoms. The summed E-state index contributed by atoms with van der Waals surface area (Å²) in [7, 11) is -4.36. The normalized spacial score (nSPS) is 24.8. The summed E-state index contributed by atoms with van der Waals surface area (Å²) in [6, 6.07) is 1.47. The van der Waals surface area contributed by atoms with Gasteiger partial charge in [0.2, 0.25) is 10.0 Å². The third kappa shape index (κ3) is 2.41. The number of rotatable bonds is 2. The van der Waals surface area contributed by atoms with Crippen LogP contribution in [0.15, 0.2) is 17.0 Å². The van der Waals surface area contributed by atoms with Gasteiger partial charge in [0.25, 0.3) is 0 Å². The highest BCUT2D eigenvalue weighted by atomic mass is 32.2. The highest BCUT2D eigenvalue weighted by Crippen LogP contribution is 2.26. The summed E-state index contributed by atoms with van der Waals surface area (Å²) in [5.41, 5.74) is 5.05. The van der Waals surface area contributed by atoms with Gasteiger partial charge in [0, 0.05) is 18.8 Å². The topological polar surface area (TPSA) is 104 Å². The number of aliphatic hydroxyl groups excluding tert-OH is 2. The van der Waals surface area contributed by atoms with Crippen LogP contribution in [0.2, 0.25) is 0 Å². The standard InChI is InChI=1S/C10H12F2N2O4S/c11-6-1-5(13)2-9(10(6)12)19(17,18)14-3-7(15)8(16)4-14/h1-2,7-8,15-16H,3-4,13H2/t7-,8+. The molecule has 2 rings (SSSR count). The van der Waals surface area contributed by atoms with E-state index in [1.54, 1.807) is 0 Å². The summed E-state index contributed by atoms with van der Waals surface area (Å²) in [5, 5.41) is 18.6. The van der Waals surface area contributed by atoms with Gasteiger partial charge in [-0.1, -0.05) is 0 Å². The van der Waals surface area contributed by atoms with Crippen LogP contribution >= 0.6 is 0 Å². The molecule has 1 aromatic rings. The molecule has 0 aliphatic carbocycles. The second kappa shape index (κ2) is 4.67. The Morgan fingerprint density at radius 1 is 1.21 bits per heavy atom. The van der Waals surface area contributed by atoms with Crippen LogP contribution in [0.25, 0.3) is 0 Å². The lowest BCUT2D eigenvalue weighted by atomic mass is 10.3. The van der Waals surface area contributed by atoms with E-state index < -0.39 is 38.8 Å². The molecule has 1 aromatic carbocycles. The lowest BCUT2D eigenvalue weighted by Gasteiger charge is -2.16. The number of nitrogens with two attached hydrogens (primary N) is 1. The molecule has 0 saturated carbocycles. The maximum absolute atomic E-state index is 13.6. The zero-order valence-electron chi connectivity index (χ0n) is 9.62. The number of hydrogen-bond donors (Lipinski definition) is 3. The third-order valence-electron chi connectivity index (χ3n) is 2.86. The summed E-state index contributed by atoms with van der Waals surface area (Å²) in [6.07, 6.45) is -2.52. The molecule has 0 radical (unpaired) electrons. The van der Waals surface area contributed by atoms with E-state index in [4.69, 9.17) is 5.73 Å². The molecular weight excluding hydrogens is 282 g/mol. The van der Waals surface area contributed by atoms with Crippen molar-refractivity contribution in [3.05, 3.63) is 23.8 Å². The van der Waals surface area contributed by atoms with Crippen molar-refractivity contribution in [1.82, 2.24) is 4.31 Å². The van der Waals surface area contributed by atoms with Gasteiger partial charge in [0.05, 0.1) is 12.2 Å². The molecule has 1 saturated heterocycles. The third-order valence-corrected chi connectivity index (χ3v) is 4.69. The van der Waals surface area contributed by atoms with Gasteiger partial charge in [0.1, 0.15) is 4.90 Å². The Kier molecular flexibility index (Phi) is 3.47. The van der Waals surface area contributed by atoms with E-state index in [2.05, 4.69) is 0 Å². The van der Waals surface area contributed by atoms with Gasteiger partial charge < -0.3 is 15.9 Å². The summed E-state index contributed by atoms with van der Waals surface area (Å²) in [4.78, 5) is -0.911. The fraction of sp³-hybridized carbons (Fsp3) is 0.400. The molecule has 4 N–H and O–H groups in total. The maximum Gasteiger partial charge on any atom is 0.246 e. The number of nitrogens with zero attached hydrogens (tertiary/aromatic N) is 1. The first-order valence-electron chi connectivity index (χ1n) is 5.34. The first-order chi connectivity index (χ1) is 8.73. The minimum absolute atomic E-state index is 0.238. The zero-order chi connectivity index (χ0) is 14.4. The van der Waals surface area contributed by atoms with Gasteiger partial charge in [-0.2, -0.15) is 4.31 Å². The zero-order valence-corrected chi connectivity index (χ0v) is 10.4. The van der Waals surface area contributed by atoms with Crippen molar-refractivity contribution < 1.29 is 27.4 Å². The number of β-amino-alcohol motifs (C(OH)–C–C–N with tert-alkyl or cyclic N) is 2. The fourth-order valence-electron chi connectivity index (χ4n) is 1.84. The van der Waals surface area contributed by atoms with E-state index in [-0.39, 0.29) is 18.8 Å². The highest BCUT2D eigenvalue weighted by Gasteiger charge is 2.39. The van der Waals surface area contributed by atoms with Crippen LogP contribution in [0.3, 0.4) is 0 Å². The van der Waals surface area contributed by atoms with E-state index >= 15 is 0 Å². The van der Waals surface area contributed by atoms with Crippen LogP contribution in [-0.4, -0.2) is 48.2 Å². The van der Waals surface area contributed by atoms with Crippen molar-refractivity contribution in [2.24, 2.45) is 0 Å². The molecule has 19 heavy (non-hydrogen) atoms. The first kappa shape index (κ1) is 14.1. The highest BCUT2D eigenvalue weighted by molar-refractivity contribution is 7.89. The van der Waals surface area contributed by atoms with E-state index in [1.807, 2.05) is 0 Å². The van der Waals surface area contributed by atoms with Crippen LogP contribution in [0.4, 0.5) is 14.5 Å². The number of nitrogen functional groups attached to an aromatic ring is 1. The van der Waals surface area contributed by atoms with Crippen molar-refractivity contribution in [2.45, 2.75) is 17.1 Å². The van der Waals surface area contributed by atoms with E-state index in [0.29, 0.717) is 10.4 Å². The van der Waals surface area contributed by atoms with Crippen molar-refractivity contribution in [3.8, 4) is 0 Å². The predicted molar refractivity (Wildman–Crippen MR) is 61.5 cm³/mol. The number of hydrogen-bond acceptors (Lipinski definition) is 5. The summed E-state index contributed by atoms with van der Waals surface area (Å²) in [5.74, 6) is -2.91. The van der Waals surface area contributed by atoms with E-state index in [0.717, 1.165) is 6.07 Å². The van der Waals surface area contributed by atoms with Crippen molar-refractivity contribution in [2.75, 3.05) is 18.8 Å². The SMILES string of the molecule is Nc1cc(F)c(F)c(S(=O)(=O)N2C[C@@H](O)[C@@H](O)C2)c1. The molecule has 0 unspecified atom stereocenters. The monoisotopic (exact) mass is 294 g/mol. The molecule has 1 aliphatic rings. The molecule has 1 fully saturated rings. The molecule has 1 aliphatic heterocycles. The Labute approximate surface area is 108 Å². The second-order valence-electron chi connectivity index (χ2n) is 4.27. The Balaban J connectivity index is 2.46. The van der Waals surface area contributed by atoms with Crippen molar-refractivity contribution in [1.29, 1.82) is 0 Å². The molecular formula is C10H12F2N2O4S. The molecule has 106 valence electrons. The average molecular weight is 294 g/mol. The lowest BCUT2D eigenvalue weighted by molar-refractivity contribution is 0.0572. The van der Waals surface area contributed by atoms with Gasteiger partial charge in [0.15, 0.2) is 11.6 Å². The van der Waals surface area contributed by atoms with Crippen LogP contribution in [0.1, 0.15) is 0 Å². The van der Waals surface area contributed by atoms with Crippen molar-refractivity contribution in [3.63, 3.8) is 0 Å². The van der Waals surface area contributed by atoms with Gasteiger partial charge in [-0.25, -0.2) is 17.2 Å². The second-order valence-corrected chi connectivity index (χ2v) is 6.18. The molecule has 9 heteroatoms. The number of sulfonamides is 1. The Hall–Kier alpha value is -1.29. The lowest BCUT2D eigenvalue weighted by Crippen LogP contribution is -2.31. The molecule has 0 bridgehead atoms. The fourth-order valence-corrected chi connectivity index (χ4v) is 3.43. The molecule has 6 nitrogen and oxygen atoms in total. The van der Waals surface area contributed by atoms with Crippen LogP contribution in [0.5, 0.6) is 0 Å². The number of halogens is 2. The Morgan fingerprint density at radius 3 is 2.26 bits per heavy atom. The Morgan fingerprint density at radius 2 is 1.74 bits per heavy atom. The van der Waals surface area contributed by atoms with Crippen LogP contribution < -0.4 is 5.73 Å². The molecule has 2 atom stereocenters. The van der Waals surface area contributed by atoms with Gasteiger partial charge >= 0.3 is 0 Å². The largest absolute Gasteiger partial charge is 0.399 e. The van der Waals surface area contributed by atoms with E-state index in [9.17, 15) is 27.4 Å². The van der Waals surface area contributed by atoms with Gasteiger partial charge in [-0.3, -0.25) is 0 Å². The minimum atomic E-state index is -4.36. The van der Waals surface area contributed by atoms with E-state index in [1.165, 1.54) is 0 Å². The predicted octanol–water partition coefficient (Wildman–Crippen LogP) is -0.727. The summed E-state index contributed by atoms with van der Waals surface area (Å²) < 4.78 is 51.6. The summed E-state index contributed by atoms with van der Waals surface area (Å²) in [6.45, 7) is -0.779. The average Bonchev–Trinajstić information content (AvgIpc) is 2.65. The first-order valence-corrected chi connectivity index (χ1v) is 6.78. The van der Waals surface area contributed by atoms with Gasteiger partial charge in [-0.15, -0.1) is 0 Å². The smallest absolute Gasteiger partial charge is 0.246 e. The maximum atomic E-state index is 13.6. The summed E-state index contributed by atoms with van der Waals surface area (Å²) >= 11 is 0. The molecule has 1 heterocycles. The molecule has 0 amide bonds. The number of benzene rings is 1. The van der Waals surface area contributed by atoms with Crippen LogP contribution in [0, 0.1) is 11.6 Å². The van der Waals surface area contributed by atoms with Crippen LogP contribution in [-0.2, 0) is 10.0 Å². The Bertz CT molecular complexity index is 598. The number of anilines is 1. The molecule has 0 aromatic heterocycles. The van der Waals surface area contributed by atoms with Gasteiger partial charge in [-0.05, 0) is 12.1 Å². The quantitative estimate of drug-likeness (QED) is 0.624. The minimum Gasteiger partial charge on any atom is -0.399 e. The number of aliphatic hydroxyl groups is 2.